The van der Waals surface area contributed by atoms with Crippen molar-refractivity contribution in [3.8, 4) is 0 Å². The largest absolute Gasteiger partial charge is 0.443 e. The number of carbonyl (C=O) groups excluding carboxylic acids is 3. The predicted molar refractivity (Wildman–Crippen MR) is 105 cm³/mol. The van der Waals surface area contributed by atoms with Crippen molar-refractivity contribution in [1.82, 2.24) is 9.62 Å². The van der Waals surface area contributed by atoms with Crippen molar-refractivity contribution in [2.75, 3.05) is 54.9 Å². The topological polar surface area (TPSA) is 128 Å². The van der Waals surface area contributed by atoms with Crippen LogP contribution in [0.3, 0.4) is 0 Å². The summed E-state index contributed by atoms with van der Waals surface area (Å²) in [6, 6.07) is 3.83. The number of nitrogens with one attached hydrogen (secondary N) is 1. The number of carbonyl (C=O) groups is 3. The lowest BCUT2D eigenvalue weighted by molar-refractivity contribution is -0.134. The van der Waals surface area contributed by atoms with E-state index in [0.717, 1.165) is 11.9 Å². The Hall–Kier alpha value is -2.73. The first-order valence-electron chi connectivity index (χ1n) is 8.97. The molecule has 0 aromatic heterocycles. The van der Waals surface area contributed by atoms with Crippen LogP contribution in [0.25, 0.3) is 0 Å². The molecule has 0 saturated carbocycles. The van der Waals surface area contributed by atoms with E-state index in [1.807, 2.05) is 4.90 Å². The Kier molecular flexibility index (Phi) is 6.64. The molecule has 0 radical (unpaired) electrons. The minimum atomic E-state index is -0.685. The van der Waals surface area contributed by atoms with Gasteiger partial charge in [-0.05, 0) is 30.1 Å². The molecule has 4 amide bonds. The highest BCUT2D eigenvalue weighted by atomic mass is 32.2. The van der Waals surface area contributed by atoms with Crippen molar-refractivity contribution < 1.29 is 28.6 Å². The van der Waals surface area contributed by atoms with Gasteiger partial charge in [0, 0.05) is 26.2 Å². The van der Waals surface area contributed by atoms with E-state index >= 15 is 0 Å². The molecule has 1 aromatic rings. The maximum Gasteiger partial charge on any atom is 0.414 e. The van der Waals surface area contributed by atoms with Crippen molar-refractivity contribution >= 4 is 41.4 Å². The van der Waals surface area contributed by atoms with E-state index in [9.17, 15) is 18.8 Å². The number of ether oxygens (including phenoxy) is 1. The lowest BCUT2D eigenvalue weighted by Crippen LogP contribution is -2.49. The fourth-order valence-corrected chi connectivity index (χ4v) is 3.83. The van der Waals surface area contributed by atoms with Crippen LogP contribution in [0.2, 0.25) is 0 Å². The smallest absolute Gasteiger partial charge is 0.414 e. The molecule has 29 heavy (non-hydrogen) atoms. The van der Waals surface area contributed by atoms with E-state index < -0.39 is 30.7 Å². The molecule has 2 aliphatic heterocycles. The maximum absolute atomic E-state index is 14.7. The number of hydrogen-bond donors (Lipinski definition) is 3. The van der Waals surface area contributed by atoms with Gasteiger partial charge in [-0.25, -0.2) is 14.0 Å². The first-order valence-corrected chi connectivity index (χ1v) is 9.96. The summed E-state index contributed by atoms with van der Waals surface area (Å²) in [5.41, 5.74) is 5.74. The third-order valence-electron chi connectivity index (χ3n) is 4.67. The van der Waals surface area contributed by atoms with Crippen molar-refractivity contribution in [1.29, 1.82) is 0 Å². The van der Waals surface area contributed by atoms with E-state index in [1.54, 1.807) is 12.1 Å². The molecule has 2 heterocycles. The number of amides is 4. The Morgan fingerprint density at radius 1 is 1.31 bits per heavy atom. The quantitative estimate of drug-likeness (QED) is 0.550. The molecule has 4 N–H and O–H groups in total. The van der Waals surface area contributed by atoms with Crippen LogP contribution in [0.1, 0.15) is 0 Å². The van der Waals surface area contributed by atoms with E-state index in [0.29, 0.717) is 43.3 Å². The van der Waals surface area contributed by atoms with Gasteiger partial charge in [0.15, 0.2) is 0 Å². The number of aliphatic hydroxyl groups excluding tert-OH is 1. The summed E-state index contributed by atoms with van der Waals surface area (Å²) >= 11 is 1.03. The van der Waals surface area contributed by atoms with Gasteiger partial charge in [0.1, 0.15) is 18.5 Å². The van der Waals surface area contributed by atoms with E-state index in [2.05, 4.69) is 4.72 Å². The molecule has 1 unspecified atom stereocenters. The van der Waals surface area contributed by atoms with Crippen LogP contribution in [0, 0.1) is 5.82 Å². The molecular formula is C17H22FN5O5S. The summed E-state index contributed by atoms with van der Waals surface area (Å²) in [6.45, 7) is 1.38. The predicted octanol–water partition coefficient (Wildman–Crippen LogP) is 0.108. The summed E-state index contributed by atoms with van der Waals surface area (Å²) in [5, 5.41) is 8.93. The zero-order valence-corrected chi connectivity index (χ0v) is 16.4. The normalized spacial score (nSPS) is 19.3. The van der Waals surface area contributed by atoms with E-state index in [4.69, 9.17) is 15.6 Å². The molecule has 3 rings (SSSR count). The maximum atomic E-state index is 14.7. The van der Waals surface area contributed by atoms with E-state index in [-0.39, 0.29) is 12.5 Å². The third kappa shape index (κ3) is 5.01. The van der Waals surface area contributed by atoms with Crippen molar-refractivity contribution in [2.24, 2.45) is 5.73 Å². The SMILES string of the molecule is NC(=O)NSCC1CN(c2ccc(N3CCN(C(=O)CO)CC3)c(F)c2)C(=O)O1. The van der Waals surface area contributed by atoms with Crippen LogP contribution >= 0.6 is 11.9 Å². The number of rotatable bonds is 6. The minimum Gasteiger partial charge on any atom is -0.443 e. The van der Waals surface area contributed by atoms with Gasteiger partial charge in [0.05, 0.1) is 23.7 Å². The van der Waals surface area contributed by atoms with Crippen molar-refractivity contribution in [3.05, 3.63) is 24.0 Å². The molecule has 2 aliphatic rings. The number of nitrogens with two attached hydrogens (primary N) is 1. The Morgan fingerprint density at radius 3 is 2.66 bits per heavy atom. The number of cyclic esters (lactones) is 1. The fourth-order valence-electron chi connectivity index (χ4n) is 3.24. The summed E-state index contributed by atoms with van der Waals surface area (Å²) < 4.78 is 22.3. The van der Waals surface area contributed by atoms with Crippen LogP contribution < -0.4 is 20.3 Å². The number of nitrogens with zero attached hydrogens (tertiary/aromatic N) is 3. The first kappa shape index (κ1) is 21.0. The number of piperazine rings is 1. The van der Waals surface area contributed by atoms with Gasteiger partial charge in [-0.2, -0.15) is 0 Å². The molecule has 1 aromatic carbocycles. The molecular weight excluding hydrogens is 405 g/mol. The second-order valence-electron chi connectivity index (χ2n) is 6.56. The van der Waals surface area contributed by atoms with Crippen LogP contribution in [0.4, 0.5) is 25.4 Å². The highest BCUT2D eigenvalue weighted by Crippen LogP contribution is 2.29. The number of hydrogen-bond acceptors (Lipinski definition) is 7. The van der Waals surface area contributed by atoms with Crippen molar-refractivity contribution in [3.63, 3.8) is 0 Å². The standard InChI is InChI=1S/C17H22FN5O5S/c18-13-7-11(23-8-12(28-17(23)27)10-29-20-16(19)26)1-2-14(13)21-3-5-22(6-4-21)15(25)9-24/h1-2,7,12,24H,3-6,8-10H2,(H3,19,20,26). The van der Waals surface area contributed by atoms with Gasteiger partial charge in [0.25, 0.3) is 0 Å². The molecule has 2 fully saturated rings. The van der Waals surface area contributed by atoms with Crippen LogP contribution in [0.5, 0.6) is 0 Å². The second kappa shape index (κ2) is 9.18. The zero-order chi connectivity index (χ0) is 21.0. The monoisotopic (exact) mass is 427 g/mol. The van der Waals surface area contributed by atoms with Crippen molar-refractivity contribution in [2.45, 2.75) is 6.10 Å². The zero-order valence-electron chi connectivity index (χ0n) is 15.5. The molecule has 0 aliphatic carbocycles. The summed E-state index contributed by atoms with van der Waals surface area (Å²) in [6.07, 6.45) is -1.04. The average Bonchev–Trinajstić information content (AvgIpc) is 3.07. The van der Waals surface area contributed by atoms with Crippen LogP contribution in [0.15, 0.2) is 18.2 Å². The lowest BCUT2D eigenvalue weighted by Gasteiger charge is -2.36. The van der Waals surface area contributed by atoms with Crippen LogP contribution in [-0.2, 0) is 9.53 Å². The van der Waals surface area contributed by atoms with Crippen LogP contribution in [-0.4, -0.2) is 79.2 Å². The Morgan fingerprint density at radius 2 is 2.03 bits per heavy atom. The molecule has 12 heteroatoms. The number of primary amides is 1. The molecule has 10 nitrogen and oxygen atoms in total. The summed E-state index contributed by atoms with van der Waals surface area (Å²) in [7, 11) is 0. The summed E-state index contributed by atoms with van der Waals surface area (Å²) in [5.74, 6) is -0.500. The molecule has 158 valence electrons. The number of urea groups is 1. The fraction of sp³-hybridized carbons (Fsp3) is 0.471. The highest BCUT2D eigenvalue weighted by molar-refractivity contribution is 7.97. The third-order valence-corrected chi connectivity index (χ3v) is 5.55. The van der Waals surface area contributed by atoms with Gasteiger partial charge >= 0.3 is 12.1 Å². The number of halogens is 1. The minimum absolute atomic E-state index is 0.229. The molecule has 1 atom stereocenters. The van der Waals surface area contributed by atoms with Gasteiger partial charge in [-0.15, -0.1) is 0 Å². The Balaban J connectivity index is 1.60. The van der Waals surface area contributed by atoms with Gasteiger partial charge in [-0.1, -0.05) is 0 Å². The Bertz CT molecular complexity index is 789. The number of benzene rings is 1. The van der Waals surface area contributed by atoms with Gasteiger partial charge in [0.2, 0.25) is 5.91 Å². The highest BCUT2D eigenvalue weighted by Gasteiger charge is 2.33. The van der Waals surface area contributed by atoms with E-state index in [1.165, 1.54) is 15.9 Å². The molecule has 2 saturated heterocycles. The lowest BCUT2D eigenvalue weighted by atomic mass is 10.2. The van der Waals surface area contributed by atoms with Gasteiger partial charge < -0.3 is 25.4 Å². The first-order chi connectivity index (χ1) is 13.9. The number of aliphatic hydroxyl groups is 1. The Labute approximate surface area is 170 Å². The summed E-state index contributed by atoms with van der Waals surface area (Å²) in [4.78, 5) is 39.0. The number of anilines is 2. The second-order valence-corrected chi connectivity index (χ2v) is 7.38. The molecule has 0 bridgehead atoms. The molecule has 0 spiro atoms. The average molecular weight is 427 g/mol. The van der Waals surface area contributed by atoms with Gasteiger partial charge in [-0.3, -0.25) is 14.4 Å².